The first-order valence-electron chi connectivity index (χ1n) is 6.10. The van der Waals surface area contributed by atoms with Gasteiger partial charge < -0.3 is 4.90 Å². The van der Waals surface area contributed by atoms with Gasteiger partial charge in [-0.3, -0.25) is 4.79 Å². The number of carbonyl (C=O) groups excluding carboxylic acids is 1. The van der Waals surface area contributed by atoms with Crippen LogP contribution >= 0.6 is 15.9 Å². The predicted octanol–water partition coefficient (Wildman–Crippen LogP) is 4.35. The van der Waals surface area contributed by atoms with Crippen LogP contribution in [0.3, 0.4) is 0 Å². The molecule has 2 nitrogen and oxygen atoms in total. The van der Waals surface area contributed by atoms with E-state index >= 15 is 0 Å². The second kappa shape index (κ2) is 5.60. The largest absolute Gasteiger partial charge is 0.412 e. The van der Waals surface area contributed by atoms with Crippen molar-refractivity contribution in [3.63, 3.8) is 0 Å². The van der Waals surface area contributed by atoms with Crippen LogP contribution in [0.2, 0.25) is 0 Å². The van der Waals surface area contributed by atoms with Crippen molar-refractivity contribution in [3.05, 3.63) is 39.9 Å². The number of alkyl halides is 3. The Hall–Kier alpha value is -1.30. The molecule has 0 fully saturated rings. The smallest absolute Gasteiger partial charge is 0.367 e. The number of rotatable bonds is 2. The van der Waals surface area contributed by atoms with Crippen molar-refractivity contribution < 1.29 is 18.0 Å². The summed E-state index contributed by atoms with van der Waals surface area (Å²) in [5, 5.41) is 0. The van der Waals surface area contributed by atoms with Gasteiger partial charge in [0.25, 0.3) is 0 Å². The first-order valence-corrected chi connectivity index (χ1v) is 6.90. The van der Waals surface area contributed by atoms with E-state index in [0.717, 1.165) is 5.69 Å². The van der Waals surface area contributed by atoms with Crippen LogP contribution in [0, 0.1) is 0 Å². The Morgan fingerprint density at radius 1 is 1.35 bits per heavy atom. The third-order valence-electron chi connectivity index (χ3n) is 3.27. The third-order valence-corrected chi connectivity index (χ3v) is 3.90. The number of anilines is 1. The molecular weight excluding hydrogens is 335 g/mol. The monoisotopic (exact) mass is 347 g/mol. The van der Waals surface area contributed by atoms with Crippen LogP contribution in [0.15, 0.2) is 34.3 Å². The van der Waals surface area contributed by atoms with Crippen LogP contribution in [0.5, 0.6) is 0 Å². The van der Waals surface area contributed by atoms with E-state index in [-0.39, 0.29) is 18.7 Å². The van der Waals surface area contributed by atoms with E-state index in [0.29, 0.717) is 16.6 Å². The molecule has 1 aromatic rings. The normalized spacial score (nSPS) is 16.1. The number of nitrogens with zero attached hydrogens (tertiary/aromatic N) is 1. The highest BCUT2D eigenvalue weighted by atomic mass is 79.9. The van der Waals surface area contributed by atoms with Crippen molar-refractivity contribution in [1.29, 1.82) is 0 Å². The highest BCUT2D eigenvalue weighted by molar-refractivity contribution is 9.10. The molecular formula is C14H13BrF3NO. The number of hydrogen-bond acceptors (Lipinski definition) is 2. The molecule has 0 saturated carbocycles. The first-order chi connectivity index (χ1) is 9.29. The number of hydrogen-bond donors (Lipinski definition) is 0. The van der Waals surface area contributed by atoms with Crippen LogP contribution in [-0.2, 0) is 0 Å². The topological polar surface area (TPSA) is 20.3 Å². The Bertz CT molecular complexity index is 566. The predicted molar refractivity (Wildman–Crippen MR) is 75.1 cm³/mol. The maximum Gasteiger partial charge on any atom is 0.412 e. The maximum absolute atomic E-state index is 12.6. The van der Waals surface area contributed by atoms with Gasteiger partial charge in [-0.05, 0) is 47.5 Å². The second-order valence-corrected chi connectivity index (χ2v) is 5.50. The fourth-order valence-corrected chi connectivity index (χ4v) is 2.76. The number of ketones is 1. The standard InChI is InChI=1S/C14H13BrF3NO/c1-9(20)10-2-3-13(12(15)8-10)19-6-4-11(5-7-19)14(16,17)18/h2-4,8H,5-7H2,1H3. The minimum Gasteiger partial charge on any atom is -0.367 e. The Balaban J connectivity index is 2.19. The number of halogens is 4. The van der Waals surface area contributed by atoms with Gasteiger partial charge in [-0.1, -0.05) is 6.08 Å². The molecule has 1 heterocycles. The van der Waals surface area contributed by atoms with E-state index < -0.39 is 11.7 Å². The molecule has 0 spiro atoms. The van der Waals surface area contributed by atoms with Gasteiger partial charge in [0.1, 0.15) is 0 Å². The fourth-order valence-electron chi connectivity index (χ4n) is 2.13. The van der Waals surface area contributed by atoms with E-state index in [1.807, 2.05) is 4.90 Å². The molecule has 108 valence electrons. The summed E-state index contributed by atoms with van der Waals surface area (Å²) in [5.41, 5.74) is 0.905. The molecule has 0 aromatic heterocycles. The summed E-state index contributed by atoms with van der Waals surface area (Å²) < 4.78 is 38.4. The van der Waals surface area contributed by atoms with E-state index in [2.05, 4.69) is 15.9 Å². The Kier molecular flexibility index (Phi) is 4.22. The SMILES string of the molecule is CC(=O)c1ccc(N2CC=C(C(F)(F)F)CC2)c(Br)c1. The summed E-state index contributed by atoms with van der Waals surface area (Å²) in [6.07, 6.45) is -3.04. The molecule has 0 N–H and O–H groups in total. The van der Waals surface area contributed by atoms with Crippen molar-refractivity contribution in [2.24, 2.45) is 0 Å². The highest BCUT2D eigenvalue weighted by Gasteiger charge is 2.34. The molecule has 20 heavy (non-hydrogen) atoms. The lowest BCUT2D eigenvalue weighted by atomic mass is 10.1. The van der Waals surface area contributed by atoms with Crippen molar-refractivity contribution in [2.45, 2.75) is 19.5 Å². The molecule has 1 aliphatic rings. The summed E-state index contributed by atoms with van der Waals surface area (Å²) in [5.74, 6) is -0.0462. The second-order valence-electron chi connectivity index (χ2n) is 4.65. The maximum atomic E-state index is 12.6. The van der Waals surface area contributed by atoms with Crippen LogP contribution in [-0.4, -0.2) is 25.0 Å². The summed E-state index contributed by atoms with van der Waals surface area (Å²) in [7, 11) is 0. The van der Waals surface area contributed by atoms with Gasteiger partial charge in [0, 0.05) is 28.7 Å². The van der Waals surface area contributed by atoms with Crippen molar-refractivity contribution >= 4 is 27.4 Å². The summed E-state index contributed by atoms with van der Waals surface area (Å²) in [6, 6.07) is 5.14. The van der Waals surface area contributed by atoms with E-state index in [9.17, 15) is 18.0 Å². The number of benzene rings is 1. The van der Waals surface area contributed by atoms with Crippen LogP contribution in [0.4, 0.5) is 18.9 Å². The zero-order valence-electron chi connectivity index (χ0n) is 10.8. The average Bonchev–Trinajstić information content (AvgIpc) is 2.37. The minimum atomic E-state index is -4.23. The highest BCUT2D eigenvalue weighted by Crippen LogP contribution is 2.34. The van der Waals surface area contributed by atoms with E-state index in [1.54, 1.807) is 18.2 Å². The van der Waals surface area contributed by atoms with Gasteiger partial charge >= 0.3 is 6.18 Å². The molecule has 0 saturated heterocycles. The molecule has 2 rings (SSSR count). The summed E-state index contributed by atoms with van der Waals surface area (Å²) in [4.78, 5) is 13.1. The number of Topliss-reactive ketones (excluding diaryl/α,β-unsaturated/α-hetero) is 1. The molecule has 1 aliphatic heterocycles. The zero-order chi connectivity index (χ0) is 14.9. The average molecular weight is 348 g/mol. The van der Waals surface area contributed by atoms with Crippen molar-refractivity contribution in [3.8, 4) is 0 Å². The van der Waals surface area contributed by atoms with Crippen molar-refractivity contribution in [1.82, 2.24) is 0 Å². The zero-order valence-corrected chi connectivity index (χ0v) is 12.4. The van der Waals surface area contributed by atoms with E-state index in [4.69, 9.17) is 0 Å². The third kappa shape index (κ3) is 3.23. The van der Waals surface area contributed by atoms with Gasteiger partial charge in [-0.15, -0.1) is 0 Å². The molecule has 0 atom stereocenters. The van der Waals surface area contributed by atoms with Crippen LogP contribution in [0.1, 0.15) is 23.7 Å². The molecule has 0 aliphatic carbocycles. The Morgan fingerprint density at radius 3 is 2.50 bits per heavy atom. The molecule has 0 amide bonds. The Labute approximate surface area is 123 Å². The molecule has 0 radical (unpaired) electrons. The fraction of sp³-hybridized carbons (Fsp3) is 0.357. The van der Waals surface area contributed by atoms with Gasteiger partial charge in [0.2, 0.25) is 0 Å². The van der Waals surface area contributed by atoms with Crippen LogP contribution in [0.25, 0.3) is 0 Å². The molecule has 6 heteroatoms. The summed E-state index contributed by atoms with van der Waals surface area (Å²) >= 11 is 3.37. The van der Waals surface area contributed by atoms with E-state index in [1.165, 1.54) is 13.0 Å². The molecule has 0 unspecified atom stereocenters. The lowest BCUT2D eigenvalue weighted by molar-refractivity contribution is -0.0944. The molecule has 0 bridgehead atoms. The van der Waals surface area contributed by atoms with Gasteiger partial charge in [-0.25, -0.2) is 0 Å². The van der Waals surface area contributed by atoms with Gasteiger partial charge in [0.15, 0.2) is 5.78 Å². The first kappa shape index (κ1) is 15.1. The lowest BCUT2D eigenvalue weighted by Gasteiger charge is -2.30. The minimum absolute atomic E-state index is 0.0234. The lowest BCUT2D eigenvalue weighted by Crippen LogP contribution is -2.32. The quantitative estimate of drug-likeness (QED) is 0.585. The Morgan fingerprint density at radius 2 is 2.05 bits per heavy atom. The van der Waals surface area contributed by atoms with Gasteiger partial charge in [0.05, 0.1) is 5.69 Å². The number of carbonyl (C=O) groups is 1. The summed E-state index contributed by atoms with van der Waals surface area (Å²) in [6.45, 7) is 2.00. The molecule has 1 aromatic carbocycles. The van der Waals surface area contributed by atoms with Gasteiger partial charge in [-0.2, -0.15) is 13.2 Å². The van der Waals surface area contributed by atoms with Crippen molar-refractivity contribution in [2.75, 3.05) is 18.0 Å². The van der Waals surface area contributed by atoms with Crippen LogP contribution < -0.4 is 4.90 Å².